The topological polar surface area (TPSA) is 67.9 Å². The fourth-order valence-electron chi connectivity index (χ4n) is 3.77. The maximum Gasteiger partial charge on any atom is 0.259 e. The molecular weight excluding hydrogens is 380 g/mol. The van der Waals surface area contributed by atoms with Crippen LogP contribution in [0.5, 0.6) is 11.5 Å². The molecule has 3 rings (SSSR count). The number of benzene rings is 2. The van der Waals surface area contributed by atoms with Crippen molar-refractivity contribution in [2.45, 2.75) is 38.6 Å². The van der Waals surface area contributed by atoms with Crippen molar-refractivity contribution in [2.75, 3.05) is 27.3 Å². The molecule has 0 aromatic heterocycles. The van der Waals surface area contributed by atoms with E-state index >= 15 is 0 Å². The van der Waals surface area contributed by atoms with Gasteiger partial charge in [0.25, 0.3) is 5.91 Å². The van der Waals surface area contributed by atoms with Gasteiger partial charge in [-0.15, -0.1) is 0 Å². The fourth-order valence-corrected chi connectivity index (χ4v) is 3.77. The Morgan fingerprint density at radius 3 is 2.17 bits per heavy atom. The SMILES string of the molecule is COc1cccc(OC)c1C(=O)NC1CCN(C(=O)CCc2ccc(C)cc2)CC1. The van der Waals surface area contributed by atoms with Crippen LogP contribution in [0.4, 0.5) is 0 Å². The molecule has 0 spiro atoms. The number of hydrogen-bond donors (Lipinski definition) is 1. The summed E-state index contributed by atoms with van der Waals surface area (Å²) in [6, 6.07) is 13.6. The van der Waals surface area contributed by atoms with Crippen molar-refractivity contribution in [3.05, 3.63) is 59.2 Å². The molecule has 2 aromatic carbocycles. The van der Waals surface area contributed by atoms with Crippen LogP contribution in [0.2, 0.25) is 0 Å². The number of rotatable bonds is 7. The first-order valence-corrected chi connectivity index (χ1v) is 10.4. The first-order valence-electron chi connectivity index (χ1n) is 10.4. The lowest BCUT2D eigenvalue weighted by molar-refractivity contribution is -0.132. The summed E-state index contributed by atoms with van der Waals surface area (Å²) >= 11 is 0. The Labute approximate surface area is 178 Å². The van der Waals surface area contributed by atoms with E-state index in [-0.39, 0.29) is 17.9 Å². The van der Waals surface area contributed by atoms with Gasteiger partial charge in [-0.3, -0.25) is 9.59 Å². The molecule has 0 aliphatic carbocycles. The minimum Gasteiger partial charge on any atom is -0.496 e. The van der Waals surface area contributed by atoms with E-state index in [9.17, 15) is 9.59 Å². The number of carbonyl (C=O) groups is 2. The number of ether oxygens (including phenoxy) is 2. The van der Waals surface area contributed by atoms with Gasteiger partial charge in [-0.05, 0) is 43.9 Å². The van der Waals surface area contributed by atoms with Crippen LogP contribution < -0.4 is 14.8 Å². The van der Waals surface area contributed by atoms with Crippen molar-refractivity contribution >= 4 is 11.8 Å². The van der Waals surface area contributed by atoms with Crippen LogP contribution in [0.1, 0.15) is 40.7 Å². The van der Waals surface area contributed by atoms with Crippen LogP contribution in [-0.2, 0) is 11.2 Å². The van der Waals surface area contributed by atoms with Gasteiger partial charge in [-0.25, -0.2) is 0 Å². The Bertz CT molecular complexity index is 849. The van der Waals surface area contributed by atoms with E-state index in [1.165, 1.54) is 25.3 Å². The second-order valence-electron chi connectivity index (χ2n) is 7.65. The predicted molar refractivity (Wildman–Crippen MR) is 116 cm³/mol. The van der Waals surface area contributed by atoms with E-state index in [0.717, 1.165) is 19.3 Å². The van der Waals surface area contributed by atoms with Gasteiger partial charge in [0.15, 0.2) is 0 Å². The Hall–Kier alpha value is -3.02. The zero-order chi connectivity index (χ0) is 21.5. The number of amides is 2. The van der Waals surface area contributed by atoms with Crippen LogP contribution in [-0.4, -0.2) is 50.1 Å². The summed E-state index contributed by atoms with van der Waals surface area (Å²) < 4.78 is 10.6. The highest BCUT2D eigenvalue weighted by atomic mass is 16.5. The summed E-state index contributed by atoms with van der Waals surface area (Å²) in [6.45, 7) is 3.36. The highest BCUT2D eigenvalue weighted by Gasteiger charge is 2.26. The molecule has 1 saturated heterocycles. The number of carbonyl (C=O) groups excluding carboxylic acids is 2. The molecule has 0 radical (unpaired) electrons. The third-order valence-corrected chi connectivity index (χ3v) is 5.59. The van der Waals surface area contributed by atoms with Crippen molar-refractivity contribution in [1.29, 1.82) is 0 Å². The maximum atomic E-state index is 12.8. The number of methoxy groups -OCH3 is 2. The monoisotopic (exact) mass is 410 g/mol. The van der Waals surface area contributed by atoms with Crippen molar-refractivity contribution in [2.24, 2.45) is 0 Å². The van der Waals surface area contributed by atoms with Crippen molar-refractivity contribution in [3.8, 4) is 11.5 Å². The average molecular weight is 411 g/mol. The molecule has 0 bridgehead atoms. The molecule has 6 heteroatoms. The minimum absolute atomic E-state index is 0.0215. The normalized spacial score (nSPS) is 14.3. The number of aryl methyl sites for hydroxylation is 2. The average Bonchev–Trinajstić information content (AvgIpc) is 2.78. The summed E-state index contributed by atoms with van der Waals surface area (Å²) in [5, 5.41) is 3.07. The maximum absolute atomic E-state index is 12.8. The van der Waals surface area contributed by atoms with E-state index in [4.69, 9.17) is 9.47 Å². The molecule has 6 nitrogen and oxygen atoms in total. The van der Waals surface area contributed by atoms with Gasteiger partial charge in [0.05, 0.1) is 14.2 Å². The summed E-state index contributed by atoms with van der Waals surface area (Å²) in [6.07, 6.45) is 2.74. The van der Waals surface area contributed by atoms with Crippen LogP contribution in [0.15, 0.2) is 42.5 Å². The van der Waals surface area contributed by atoms with Crippen LogP contribution in [0.3, 0.4) is 0 Å². The first kappa shape index (κ1) is 21.7. The van der Waals surface area contributed by atoms with E-state index in [1.54, 1.807) is 18.2 Å². The van der Waals surface area contributed by atoms with E-state index < -0.39 is 0 Å². The molecule has 1 aliphatic rings. The lowest BCUT2D eigenvalue weighted by Gasteiger charge is -2.32. The fraction of sp³-hybridized carbons (Fsp3) is 0.417. The largest absolute Gasteiger partial charge is 0.496 e. The molecule has 1 aliphatic heterocycles. The van der Waals surface area contributed by atoms with Gasteiger partial charge in [0.2, 0.25) is 5.91 Å². The van der Waals surface area contributed by atoms with Gasteiger partial charge >= 0.3 is 0 Å². The quantitative estimate of drug-likeness (QED) is 0.760. The second kappa shape index (κ2) is 10.1. The van der Waals surface area contributed by atoms with Gasteiger partial charge in [-0.1, -0.05) is 35.9 Å². The number of piperidine rings is 1. The molecule has 1 heterocycles. The van der Waals surface area contributed by atoms with E-state index in [0.29, 0.717) is 36.6 Å². The lowest BCUT2D eigenvalue weighted by Crippen LogP contribution is -2.46. The molecule has 2 amide bonds. The molecule has 160 valence electrons. The third-order valence-electron chi connectivity index (χ3n) is 5.59. The lowest BCUT2D eigenvalue weighted by atomic mass is 10.0. The van der Waals surface area contributed by atoms with Crippen molar-refractivity contribution in [3.63, 3.8) is 0 Å². The minimum atomic E-state index is -0.214. The third kappa shape index (κ3) is 5.32. The Balaban J connectivity index is 1.50. The molecular formula is C24H30N2O4. The molecule has 1 fully saturated rings. The summed E-state index contributed by atoms with van der Waals surface area (Å²) in [5.74, 6) is 0.923. The molecule has 2 aromatic rings. The highest BCUT2D eigenvalue weighted by molar-refractivity contribution is 5.99. The van der Waals surface area contributed by atoms with Crippen LogP contribution in [0, 0.1) is 6.92 Å². The van der Waals surface area contributed by atoms with E-state index in [2.05, 4.69) is 36.5 Å². The Morgan fingerprint density at radius 2 is 1.60 bits per heavy atom. The Morgan fingerprint density at radius 1 is 1.00 bits per heavy atom. The van der Waals surface area contributed by atoms with Crippen LogP contribution in [0.25, 0.3) is 0 Å². The molecule has 0 unspecified atom stereocenters. The number of likely N-dealkylation sites (tertiary alicyclic amines) is 1. The van der Waals surface area contributed by atoms with Gasteiger partial charge in [0.1, 0.15) is 17.1 Å². The van der Waals surface area contributed by atoms with Gasteiger partial charge < -0.3 is 19.7 Å². The number of hydrogen-bond acceptors (Lipinski definition) is 4. The predicted octanol–water partition coefficient (Wildman–Crippen LogP) is 3.37. The van der Waals surface area contributed by atoms with Gasteiger partial charge in [0, 0.05) is 25.6 Å². The highest BCUT2D eigenvalue weighted by Crippen LogP contribution is 2.28. The smallest absolute Gasteiger partial charge is 0.259 e. The second-order valence-corrected chi connectivity index (χ2v) is 7.65. The van der Waals surface area contributed by atoms with Crippen molar-refractivity contribution in [1.82, 2.24) is 10.2 Å². The summed E-state index contributed by atoms with van der Waals surface area (Å²) in [4.78, 5) is 27.3. The number of nitrogens with zero attached hydrogens (tertiary/aromatic N) is 1. The summed E-state index contributed by atoms with van der Waals surface area (Å²) in [5.41, 5.74) is 2.81. The zero-order valence-corrected chi connectivity index (χ0v) is 17.9. The molecule has 0 atom stereocenters. The Kier molecular flexibility index (Phi) is 7.33. The van der Waals surface area contributed by atoms with Crippen LogP contribution >= 0.6 is 0 Å². The van der Waals surface area contributed by atoms with Crippen molar-refractivity contribution < 1.29 is 19.1 Å². The standard InChI is InChI=1S/C24H30N2O4/c1-17-7-9-18(10-8-17)11-12-22(27)26-15-13-19(14-16-26)25-24(28)23-20(29-2)5-4-6-21(23)30-3/h4-10,19H,11-16H2,1-3H3,(H,25,28). The van der Waals surface area contributed by atoms with Gasteiger partial charge in [-0.2, -0.15) is 0 Å². The first-order chi connectivity index (χ1) is 14.5. The molecule has 0 saturated carbocycles. The van der Waals surface area contributed by atoms with E-state index in [1.807, 2.05) is 4.90 Å². The molecule has 1 N–H and O–H groups in total. The zero-order valence-electron chi connectivity index (χ0n) is 17.9. The number of nitrogens with one attached hydrogen (secondary N) is 1. The summed E-state index contributed by atoms with van der Waals surface area (Å²) in [7, 11) is 3.07. The molecule has 30 heavy (non-hydrogen) atoms.